The van der Waals surface area contributed by atoms with Crippen LogP contribution in [0.4, 0.5) is 11.1 Å². The van der Waals surface area contributed by atoms with Gasteiger partial charge in [-0.3, -0.25) is 10.1 Å². The number of carbonyl (C=O) groups is 1. The summed E-state index contributed by atoms with van der Waals surface area (Å²) in [6.45, 7) is 5.07. The molecule has 2 heterocycles. The van der Waals surface area contributed by atoms with Crippen LogP contribution in [0.2, 0.25) is 0 Å². The number of hydrogen-bond donors (Lipinski definition) is 3. The van der Waals surface area contributed by atoms with Gasteiger partial charge in [-0.05, 0) is 18.1 Å². The highest BCUT2D eigenvalue weighted by Gasteiger charge is 2.13. The first-order valence-electron chi connectivity index (χ1n) is 7.07. The summed E-state index contributed by atoms with van der Waals surface area (Å²) in [6.07, 6.45) is 0. The Bertz CT molecular complexity index is 759. The SMILES string of the molecule is CC(C)CNc1nc(C(=O)Nc2nc3ccccc3[nH]2)cs1. The molecule has 0 bridgehead atoms. The number of hydrogen-bond acceptors (Lipinski definition) is 5. The van der Waals surface area contributed by atoms with E-state index in [0.717, 1.165) is 22.7 Å². The summed E-state index contributed by atoms with van der Waals surface area (Å²) in [6, 6.07) is 7.62. The number of thiazole rings is 1. The summed E-state index contributed by atoms with van der Waals surface area (Å²) >= 11 is 1.42. The number of imidazole rings is 1. The van der Waals surface area contributed by atoms with Gasteiger partial charge in [0.2, 0.25) is 5.95 Å². The van der Waals surface area contributed by atoms with E-state index in [0.29, 0.717) is 17.6 Å². The summed E-state index contributed by atoms with van der Waals surface area (Å²) in [7, 11) is 0. The number of benzene rings is 1. The van der Waals surface area contributed by atoms with Crippen LogP contribution in [0, 0.1) is 5.92 Å². The van der Waals surface area contributed by atoms with Gasteiger partial charge in [0.05, 0.1) is 11.0 Å². The molecule has 1 amide bonds. The molecule has 0 atom stereocenters. The molecule has 0 unspecified atom stereocenters. The summed E-state index contributed by atoms with van der Waals surface area (Å²) < 4.78 is 0. The fraction of sp³-hybridized carbons (Fsp3) is 0.267. The van der Waals surface area contributed by atoms with Crippen LogP contribution in [0.15, 0.2) is 29.6 Å². The Labute approximate surface area is 132 Å². The van der Waals surface area contributed by atoms with Gasteiger partial charge in [0, 0.05) is 11.9 Å². The van der Waals surface area contributed by atoms with Crippen LogP contribution in [0.25, 0.3) is 11.0 Å². The predicted octanol–water partition coefficient (Wildman–Crippen LogP) is 3.34. The standard InChI is InChI=1S/C15H17N5OS/c1-9(2)7-16-15-19-12(8-22-15)13(21)20-14-17-10-5-3-4-6-11(10)18-14/h3-6,8-9H,7H2,1-2H3,(H,16,19)(H2,17,18,20,21). The maximum Gasteiger partial charge on any atom is 0.277 e. The van der Waals surface area contributed by atoms with Crippen LogP contribution < -0.4 is 10.6 Å². The van der Waals surface area contributed by atoms with Crippen molar-refractivity contribution in [3.8, 4) is 0 Å². The van der Waals surface area contributed by atoms with E-state index in [1.165, 1.54) is 11.3 Å². The van der Waals surface area contributed by atoms with Gasteiger partial charge in [0.25, 0.3) is 5.91 Å². The zero-order valence-electron chi connectivity index (χ0n) is 12.4. The van der Waals surface area contributed by atoms with Crippen LogP contribution in [-0.4, -0.2) is 27.4 Å². The first-order chi connectivity index (χ1) is 10.6. The normalized spacial score (nSPS) is 11.0. The number of aromatic amines is 1. The Morgan fingerprint density at radius 3 is 2.91 bits per heavy atom. The largest absolute Gasteiger partial charge is 0.361 e. The van der Waals surface area contributed by atoms with Gasteiger partial charge in [-0.2, -0.15) is 0 Å². The second kappa shape index (κ2) is 6.15. The molecule has 6 nitrogen and oxygen atoms in total. The molecule has 3 aromatic rings. The molecule has 3 rings (SSSR count). The molecule has 22 heavy (non-hydrogen) atoms. The Hall–Kier alpha value is -2.41. The molecule has 0 spiro atoms. The number of para-hydroxylation sites is 2. The molecule has 7 heteroatoms. The van der Waals surface area contributed by atoms with Crippen LogP contribution in [0.1, 0.15) is 24.3 Å². The molecule has 0 aliphatic heterocycles. The van der Waals surface area contributed by atoms with Gasteiger partial charge in [0.1, 0.15) is 5.69 Å². The molecule has 0 radical (unpaired) electrons. The maximum atomic E-state index is 12.2. The highest BCUT2D eigenvalue weighted by atomic mass is 32.1. The molecule has 0 fully saturated rings. The summed E-state index contributed by atoms with van der Waals surface area (Å²) in [4.78, 5) is 23.9. The lowest BCUT2D eigenvalue weighted by Crippen LogP contribution is -2.14. The first kappa shape index (κ1) is 14.5. The van der Waals surface area contributed by atoms with Crippen LogP contribution in [0.3, 0.4) is 0 Å². The molecule has 114 valence electrons. The summed E-state index contributed by atoms with van der Waals surface area (Å²) in [5.74, 6) is 0.681. The van der Waals surface area contributed by atoms with Gasteiger partial charge in [-0.1, -0.05) is 26.0 Å². The van der Waals surface area contributed by atoms with Crippen LogP contribution >= 0.6 is 11.3 Å². The van der Waals surface area contributed by atoms with Gasteiger partial charge >= 0.3 is 0 Å². The van der Waals surface area contributed by atoms with Crippen molar-refractivity contribution in [2.24, 2.45) is 5.92 Å². The van der Waals surface area contributed by atoms with E-state index in [-0.39, 0.29) is 5.91 Å². The summed E-state index contributed by atoms with van der Waals surface area (Å²) in [5, 5.41) is 8.44. The molecular weight excluding hydrogens is 298 g/mol. The number of nitrogens with one attached hydrogen (secondary N) is 3. The zero-order chi connectivity index (χ0) is 15.5. The molecule has 0 saturated carbocycles. The van der Waals surface area contributed by atoms with E-state index in [4.69, 9.17) is 0 Å². The predicted molar refractivity (Wildman–Crippen MR) is 89.5 cm³/mol. The molecular formula is C15H17N5OS. The zero-order valence-corrected chi connectivity index (χ0v) is 13.2. The third-order valence-electron chi connectivity index (χ3n) is 3.02. The topological polar surface area (TPSA) is 82.7 Å². The van der Waals surface area contributed by atoms with Crippen molar-refractivity contribution in [2.75, 3.05) is 17.2 Å². The Kier molecular flexibility index (Phi) is 4.06. The average Bonchev–Trinajstić information content (AvgIpc) is 3.11. The Balaban J connectivity index is 1.68. The van der Waals surface area contributed by atoms with Crippen molar-refractivity contribution in [1.82, 2.24) is 15.0 Å². The van der Waals surface area contributed by atoms with Crippen molar-refractivity contribution in [3.05, 3.63) is 35.3 Å². The number of fused-ring (bicyclic) bond motifs is 1. The van der Waals surface area contributed by atoms with Crippen molar-refractivity contribution in [2.45, 2.75) is 13.8 Å². The van der Waals surface area contributed by atoms with Gasteiger partial charge in [0.15, 0.2) is 5.13 Å². The maximum absolute atomic E-state index is 12.2. The van der Waals surface area contributed by atoms with E-state index in [9.17, 15) is 4.79 Å². The summed E-state index contributed by atoms with van der Waals surface area (Å²) in [5.41, 5.74) is 2.09. The van der Waals surface area contributed by atoms with Crippen LogP contribution in [-0.2, 0) is 0 Å². The smallest absolute Gasteiger partial charge is 0.277 e. The Morgan fingerprint density at radius 1 is 1.32 bits per heavy atom. The van der Waals surface area contributed by atoms with Crippen molar-refractivity contribution in [3.63, 3.8) is 0 Å². The van der Waals surface area contributed by atoms with E-state index < -0.39 is 0 Å². The minimum absolute atomic E-state index is 0.270. The van der Waals surface area contributed by atoms with E-state index >= 15 is 0 Å². The molecule has 3 N–H and O–H groups in total. The third-order valence-corrected chi connectivity index (χ3v) is 3.82. The molecule has 0 aliphatic carbocycles. The van der Waals surface area contributed by atoms with Crippen molar-refractivity contribution >= 4 is 39.4 Å². The molecule has 0 aliphatic rings. The van der Waals surface area contributed by atoms with Gasteiger partial charge < -0.3 is 10.3 Å². The average molecular weight is 315 g/mol. The number of aromatic nitrogens is 3. The number of carbonyl (C=O) groups excluding carboxylic acids is 1. The highest BCUT2D eigenvalue weighted by Crippen LogP contribution is 2.18. The molecule has 0 saturated heterocycles. The number of H-pyrrole nitrogens is 1. The number of anilines is 2. The fourth-order valence-electron chi connectivity index (χ4n) is 1.93. The Morgan fingerprint density at radius 2 is 2.14 bits per heavy atom. The lowest BCUT2D eigenvalue weighted by molar-refractivity contribution is 0.102. The van der Waals surface area contributed by atoms with E-state index in [1.54, 1.807) is 5.38 Å². The number of amides is 1. The third kappa shape index (κ3) is 3.25. The van der Waals surface area contributed by atoms with Crippen LogP contribution in [0.5, 0.6) is 0 Å². The molecule has 1 aromatic carbocycles. The van der Waals surface area contributed by atoms with Gasteiger partial charge in [-0.25, -0.2) is 9.97 Å². The minimum Gasteiger partial charge on any atom is -0.361 e. The van der Waals surface area contributed by atoms with Gasteiger partial charge in [-0.15, -0.1) is 11.3 Å². The lowest BCUT2D eigenvalue weighted by Gasteiger charge is -2.04. The highest BCUT2D eigenvalue weighted by molar-refractivity contribution is 7.13. The minimum atomic E-state index is -0.270. The number of nitrogens with zero attached hydrogens (tertiary/aromatic N) is 2. The first-order valence-corrected chi connectivity index (χ1v) is 7.95. The monoisotopic (exact) mass is 315 g/mol. The van der Waals surface area contributed by atoms with Crippen molar-refractivity contribution in [1.29, 1.82) is 0 Å². The van der Waals surface area contributed by atoms with E-state index in [2.05, 4.69) is 39.4 Å². The van der Waals surface area contributed by atoms with E-state index in [1.807, 2.05) is 24.3 Å². The second-order valence-electron chi connectivity index (χ2n) is 5.37. The molecule has 2 aromatic heterocycles. The number of rotatable bonds is 5. The quantitative estimate of drug-likeness (QED) is 0.674. The fourth-order valence-corrected chi connectivity index (χ4v) is 2.63. The van der Waals surface area contributed by atoms with Crippen molar-refractivity contribution < 1.29 is 4.79 Å². The lowest BCUT2D eigenvalue weighted by atomic mass is 10.2. The second-order valence-corrected chi connectivity index (χ2v) is 6.23.